The van der Waals surface area contributed by atoms with Gasteiger partial charge in [0, 0.05) is 17.7 Å². The van der Waals surface area contributed by atoms with Crippen molar-refractivity contribution < 1.29 is 13.2 Å². The van der Waals surface area contributed by atoms with Gasteiger partial charge in [0.2, 0.25) is 0 Å². The lowest BCUT2D eigenvalue weighted by atomic mass is 10.1. The number of nitrogens with one attached hydrogen (secondary N) is 1. The fourth-order valence-electron chi connectivity index (χ4n) is 1.93. The van der Waals surface area contributed by atoms with Gasteiger partial charge in [-0.05, 0) is 13.5 Å². The molecule has 1 aromatic heterocycles. The Morgan fingerprint density at radius 2 is 2.06 bits per heavy atom. The third-order valence-corrected chi connectivity index (χ3v) is 2.58. The maximum absolute atomic E-state index is 13.6. The molecule has 0 bridgehead atoms. The molecule has 0 saturated carbocycles. The lowest BCUT2D eigenvalue weighted by Gasteiger charge is -1.98. The van der Waals surface area contributed by atoms with Crippen molar-refractivity contribution >= 4 is 11.0 Å². The molecule has 4 heteroatoms. The number of aryl methyl sites for hydroxylation is 1. The van der Waals surface area contributed by atoms with Crippen LogP contribution in [-0.4, -0.2) is 7.05 Å². The zero-order valence-electron chi connectivity index (χ0n) is 9.23. The maximum atomic E-state index is 13.6. The molecular weight excluding hydrogens is 212 g/mol. The van der Waals surface area contributed by atoms with E-state index in [2.05, 4.69) is 5.32 Å². The first-order valence-electron chi connectivity index (χ1n) is 5.21. The highest BCUT2D eigenvalue weighted by atomic mass is 19.1. The van der Waals surface area contributed by atoms with Crippen molar-refractivity contribution in [3.05, 3.63) is 35.1 Å². The summed E-state index contributed by atoms with van der Waals surface area (Å²) in [4.78, 5) is 0. The largest absolute Gasteiger partial charge is 0.459 e. The van der Waals surface area contributed by atoms with E-state index in [0.29, 0.717) is 24.1 Å². The molecular formula is C12H13F2NO. The van der Waals surface area contributed by atoms with E-state index in [9.17, 15) is 8.78 Å². The average Bonchev–Trinajstić information content (AvgIpc) is 2.56. The Bertz CT molecular complexity index is 519. The number of halogens is 2. The summed E-state index contributed by atoms with van der Waals surface area (Å²) >= 11 is 0. The van der Waals surface area contributed by atoms with Crippen LogP contribution < -0.4 is 5.32 Å². The second-order valence-electron chi connectivity index (χ2n) is 3.65. The van der Waals surface area contributed by atoms with Crippen molar-refractivity contribution in [3.63, 3.8) is 0 Å². The third kappa shape index (κ3) is 1.69. The van der Waals surface area contributed by atoms with Gasteiger partial charge in [-0.3, -0.25) is 0 Å². The van der Waals surface area contributed by atoms with Gasteiger partial charge in [0.25, 0.3) is 0 Å². The summed E-state index contributed by atoms with van der Waals surface area (Å²) < 4.78 is 32.1. The van der Waals surface area contributed by atoms with Crippen molar-refractivity contribution in [1.29, 1.82) is 0 Å². The summed E-state index contributed by atoms with van der Waals surface area (Å²) in [6.45, 7) is 2.44. The summed E-state index contributed by atoms with van der Waals surface area (Å²) in [7, 11) is 1.78. The number of hydrogen-bond donors (Lipinski definition) is 1. The summed E-state index contributed by atoms with van der Waals surface area (Å²) in [5.74, 6) is -0.500. The topological polar surface area (TPSA) is 25.2 Å². The van der Waals surface area contributed by atoms with Gasteiger partial charge in [0.15, 0.2) is 0 Å². The van der Waals surface area contributed by atoms with Crippen molar-refractivity contribution in [3.8, 4) is 0 Å². The molecule has 0 aliphatic rings. The molecule has 0 saturated heterocycles. The molecule has 2 rings (SSSR count). The van der Waals surface area contributed by atoms with Crippen LogP contribution in [-0.2, 0) is 13.0 Å². The summed E-state index contributed by atoms with van der Waals surface area (Å²) in [5.41, 5.74) is 1.08. The van der Waals surface area contributed by atoms with Gasteiger partial charge in [0.05, 0.1) is 11.9 Å². The van der Waals surface area contributed by atoms with Gasteiger partial charge in [-0.1, -0.05) is 6.92 Å². The normalized spacial score (nSPS) is 11.2. The lowest BCUT2D eigenvalue weighted by Crippen LogP contribution is -2.05. The van der Waals surface area contributed by atoms with Crippen LogP contribution in [0.2, 0.25) is 0 Å². The molecule has 0 fully saturated rings. The zero-order chi connectivity index (χ0) is 11.7. The predicted molar refractivity (Wildman–Crippen MR) is 58.3 cm³/mol. The van der Waals surface area contributed by atoms with Crippen LogP contribution in [0.1, 0.15) is 18.2 Å². The van der Waals surface area contributed by atoms with Crippen LogP contribution in [0.15, 0.2) is 16.5 Å². The van der Waals surface area contributed by atoms with Crippen molar-refractivity contribution in [2.45, 2.75) is 19.9 Å². The average molecular weight is 225 g/mol. The SMILES string of the molecule is CCc1c(CNC)oc2cc(F)cc(F)c12. The molecule has 1 aromatic carbocycles. The van der Waals surface area contributed by atoms with Crippen LogP contribution in [0.25, 0.3) is 11.0 Å². The number of benzene rings is 1. The van der Waals surface area contributed by atoms with Gasteiger partial charge >= 0.3 is 0 Å². The van der Waals surface area contributed by atoms with E-state index in [0.717, 1.165) is 11.6 Å². The Morgan fingerprint density at radius 3 is 2.69 bits per heavy atom. The van der Waals surface area contributed by atoms with Gasteiger partial charge < -0.3 is 9.73 Å². The second-order valence-corrected chi connectivity index (χ2v) is 3.65. The fourth-order valence-corrected chi connectivity index (χ4v) is 1.93. The van der Waals surface area contributed by atoms with Gasteiger partial charge in [-0.15, -0.1) is 0 Å². The first-order chi connectivity index (χ1) is 7.67. The molecule has 0 aliphatic carbocycles. The van der Waals surface area contributed by atoms with Crippen molar-refractivity contribution in [2.24, 2.45) is 0 Å². The summed E-state index contributed by atoms with van der Waals surface area (Å²) in [5, 5.41) is 3.34. The van der Waals surface area contributed by atoms with Crippen LogP contribution in [0.5, 0.6) is 0 Å². The van der Waals surface area contributed by atoms with Gasteiger partial charge in [-0.2, -0.15) is 0 Å². The smallest absolute Gasteiger partial charge is 0.140 e. The minimum absolute atomic E-state index is 0.277. The Balaban J connectivity index is 2.71. The van der Waals surface area contributed by atoms with E-state index in [1.54, 1.807) is 7.05 Å². The first-order valence-corrected chi connectivity index (χ1v) is 5.21. The molecule has 2 nitrogen and oxygen atoms in total. The van der Waals surface area contributed by atoms with E-state index in [4.69, 9.17) is 4.42 Å². The highest BCUT2D eigenvalue weighted by Crippen LogP contribution is 2.29. The van der Waals surface area contributed by atoms with Crippen LogP contribution >= 0.6 is 0 Å². The Hall–Kier alpha value is -1.42. The maximum Gasteiger partial charge on any atom is 0.140 e. The number of furan rings is 1. The Labute approximate surface area is 92.2 Å². The third-order valence-electron chi connectivity index (χ3n) is 2.58. The molecule has 0 radical (unpaired) electrons. The first kappa shape index (κ1) is 11.1. The molecule has 16 heavy (non-hydrogen) atoms. The highest BCUT2D eigenvalue weighted by molar-refractivity contribution is 5.83. The van der Waals surface area contributed by atoms with E-state index in [1.807, 2.05) is 6.92 Å². The van der Waals surface area contributed by atoms with E-state index >= 15 is 0 Å². The lowest BCUT2D eigenvalue weighted by molar-refractivity contribution is 0.520. The molecule has 0 aliphatic heterocycles. The van der Waals surface area contributed by atoms with Crippen LogP contribution in [0.3, 0.4) is 0 Å². The summed E-state index contributed by atoms with van der Waals surface area (Å²) in [6, 6.07) is 2.11. The number of fused-ring (bicyclic) bond motifs is 1. The minimum Gasteiger partial charge on any atom is -0.459 e. The standard InChI is InChI=1S/C12H13F2NO/c1-3-8-11(6-15-2)16-10-5-7(13)4-9(14)12(8)10/h4-5,15H,3,6H2,1-2H3. The summed E-state index contributed by atoms with van der Waals surface area (Å²) in [6.07, 6.45) is 0.659. The van der Waals surface area contributed by atoms with E-state index < -0.39 is 11.6 Å². The number of hydrogen-bond acceptors (Lipinski definition) is 2. The molecule has 0 spiro atoms. The van der Waals surface area contributed by atoms with E-state index in [1.165, 1.54) is 6.07 Å². The monoisotopic (exact) mass is 225 g/mol. The molecule has 2 aromatic rings. The predicted octanol–water partition coefficient (Wildman–Crippen LogP) is 2.99. The van der Waals surface area contributed by atoms with E-state index in [-0.39, 0.29) is 5.58 Å². The second kappa shape index (κ2) is 4.22. The van der Waals surface area contributed by atoms with Gasteiger partial charge in [0.1, 0.15) is 23.0 Å². The number of rotatable bonds is 3. The quantitative estimate of drug-likeness (QED) is 0.868. The minimum atomic E-state index is -0.614. The molecule has 1 N–H and O–H groups in total. The zero-order valence-corrected chi connectivity index (χ0v) is 9.23. The van der Waals surface area contributed by atoms with Crippen molar-refractivity contribution in [2.75, 3.05) is 7.05 Å². The fraction of sp³-hybridized carbons (Fsp3) is 0.333. The van der Waals surface area contributed by atoms with Crippen molar-refractivity contribution in [1.82, 2.24) is 5.32 Å². The van der Waals surface area contributed by atoms with Crippen LogP contribution in [0.4, 0.5) is 8.78 Å². The molecule has 0 unspecified atom stereocenters. The highest BCUT2D eigenvalue weighted by Gasteiger charge is 2.16. The Kier molecular flexibility index (Phi) is 2.92. The van der Waals surface area contributed by atoms with Crippen LogP contribution in [0, 0.1) is 11.6 Å². The molecule has 0 amide bonds. The molecule has 86 valence electrons. The molecule has 1 heterocycles. The Morgan fingerprint density at radius 1 is 1.31 bits per heavy atom. The molecule has 0 atom stereocenters. The van der Waals surface area contributed by atoms with Gasteiger partial charge in [-0.25, -0.2) is 8.78 Å².